The quantitative estimate of drug-likeness (QED) is 0.235. The van der Waals surface area contributed by atoms with Gasteiger partial charge in [-0.2, -0.15) is 0 Å². The molecule has 0 unspecified atom stereocenters. The van der Waals surface area contributed by atoms with Gasteiger partial charge in [0.15, 0.2) is 0 Å². The summed E-state index contributed by atoms with van der Waals surface area (Å²) >= 11 is 0. The maximum Gasteiger partial charge on any atom is 0 e. The summed E-state index contributed by atoms with van der Waals surface area (Å²) in [6.07, 6.45) is 1.45. The normalized spacial score (nSPS) is 8.10. The molecule has 60 heavy (non-hydrogen) atoms. The number of rotatable bonds is 0. The molecule has 1 saturated carbocycles. The number of hydrogen-bond acceptors (Lipinski definition) is 0. The van der Waals surface area contributed by atoms with E-state index in [1.807, 2.05) is 41.5 Å². The summed E-state index contributed by atoms with van der Waals surface area (Å²) in [6.45, 7) is 21.5. The molecule has 0 amide bonds. The Balaban J connectivity index is -0.000000000595. The molecule has 0 bridgehead atoms. The van der Waals surface area contributed by atoms with E-state index in [4.69, 9.17) is 0 Å². The summed E-state index contributed by atoms with van der Waals surface area (Å²) in [6, 6.07) is 0. The Morgan fingerprint density at radius 3 is 0.233 bits per heavy atom. The smallest absolute Gasteiger partial charge is 0 e. The van der Waals surface area contributed by atoms with Crippen LogP contribution >= 0.6 is 0 Å². The van der Waals surface area contributed by atoms with Crippen LogP contribution in [-0.2, 0) is 1410 Å². The maximum absolute atomic E-state index is 2.39. The molecule has 241 valence electrons. The first-order chi connectivity index (χ1) is 7.13. The molecule has 1 rings (SSSR count). The Hall–Kier alpha value is 47.5. The van der Waals surface area contributed by atoms with Crippen LogP contribution in [0.25, 0.3) is 0 Å². The largest absolute Gasteiger partial charge is 0.358 e. The zero-order chi connectivity index (χ0) is 13.0. The summed E-state index contributed by atoms with van der Waals surface area (Å²) in [5.41, 5.74) is 0. The van der Waals surface area contributed by atoms with E-state index in [0.717, 1.165) is 23.7 Å². The van der Waals surface area contributed by atoms with Crippen LogP contribution in [0.4, 0.5) is 0 Å². The van der Waals surface area contributed by atoms with Crippen LogP contribution in [0.2, 0.25) is 0 Å². The second-order valence-electron chi connectivity index (χ2n) is 3.91. The van der Waals surface area contributed by atoms with E-state index in [0.29, 0.717) is 0 Å². The Morgan fingerprint density at radius 1 is 0.167 bits per heavy atom. The second-order valence-corrected chi connectivity index (χ2v) is 3.91. The minimum atomic E-state index is 0. The predicted octanol–water partition coefficient (Wildman–Crippen LogP) is 6.81. The molecule has 43 radical (unpaired) electrons. The first-order valence-corrected chi connectivity index (χ1v) is 7.13. The van der Waals surface area contributed by atoms with Gasteiger partial charge in [-0.05, 0) is 30.1 Å². The summed E-state index contributed by atoms with van der Waals surface area (Å²) < 4.78 is 0. The van der Waals surface area contributed by atoms with E-state index in [2.05, 4.69) is 27.7 Å². The molecule has 0 aromatic rings. The van der Waals surface area contributed by atoms with Gasteiger partial charge < -0.3 is 14.9 Å². The van der Waals surface area contributed by atoms with Crippen molar-refractivity contribution in [1.29, 1.82) is 0 Å². The Labute approximate surface area is 1460 Å². The molecule has 4 atom stereocenters. The third-order valence-corrected chi connectivity index (χ3v) is 3.37. The first-order valence-electron chi connectivity index (χ1n) is 7.13. The van der Waals surface area contributed by atoms with Crippen LogP contribution < -0.4 is 0 Å². The van der Waals surface area contributed by atoms with Gasteiger partial charge >= 0.3 is 0 Å². The van der Waals surface area contributed by atoms with Crippen molar-refractivity contribution in [3.8, 4) is 0 Å². The van der Waals surface area contributed by atoms with Crippen LogP contribution in [0, 0.1) is 38.5 Å². The molecule has 1 aliphatic carbocycles. The van der Waals surface area contributed by atoms with Crippen molar-refractivity contribution in [2.45, 2.75) is 75.7 Å². The molecule has 0 aromatic carbocycles. The summed E-state index contributed by atoms with van der Waals surface area (Å²) in [4.78, 5) is 0. The molecule has 0 saturated heterocycles. The van der Waals surface area contributed by atoms with Gasteiger partial charge in [-0.1, -0.05) is 69.2 Å². The minimum Gasteiger partial charge on any atom is -0.358 e. The van der Waals surface area contributed by atoms with Gasteiger partial charge in [-0.25, -0.2) is 0 Å². The van der Waals surface area contributed by atoms with Crippen LogP contribution in [0.15, 0.2) is 0 Å². The van der Waals surface area contributed by atoms with E-state index < -0.39 is 0 Å². The van der Waals surface area contributed by atoms with Crippen LogP contribution in [0.5, 0.6) is 0 Å². The van der Waals surface area contributed by atoms with E-state index in [1.54, 1.807) is 0 Å². The van der Waals surface area contributed by atoms with Gasteiger partial charge in [0.25, 0.3) is 0 Å². The van der Waals surface area contributed by atoms with E-state index in [1.165, 1.54) is 6.42 Å². The molecule has 0 aromatic heterocycles. The Kier molecular flexibility index (Phi) is 1860. The van der Waals surface area contributed by atoms with Crippen LogP contribution in [0.3, 0.4) is 0 Å². The first kappa shape index (κ1) is 344. The van der Waals surface area contributed by atoms with Crippen molar-refractivity contribution in [1.82, 2.24) is 0 Å². The van der Waals surface area contributed by atoms with Crippen molar-refractivity contribution >= 4 is 0 Å². The van der Waals surface area contributed by atoms with Crippen LogP contribution in [0.1, 0.15) is 75.7 Å². The zero-order valence-corrected chi connectivity index (χ0v) is 162. The Bertz CT molecular complexity index is 136. The molecule has 0 nitrogen and oxygen atoms in total. The fourth-order valence-electron chi connectivity index (χ4n) is 2.05. The standard InChI is InChI=1S/C9H18.3C2H6.2CH3.43Y/c1-6-5-7(2)9(4)8(6)3;3*1-2;;;;;;;;;;;;;;;;;;;;;;;;;;;;;;;;;;;;;;;;;;;;;/h6-9H,5H2,1-4H3;3*1-2H3;2*1H3;;;;;;;;;;;;;;;;;;;;;;;;;;;;;;;;;;;;;;;;;;;/q;;;;2*-1;;;;;;;;;;;;;;;;;;;;;;;;;;;;;;;;;;;;;;;;;;;/t6-,7+,8-,9+;;;;;;;;;;;;;;;;;;;;;;;;;;;;;;;;;;;;;;;;;;;;;;;;. The number of hydrogen-bond donors (Lipinski definition) is 0. The third kappa shape index (κ3) is 286. The topological polar surface area (TPSA) is 0 Å². The molecule has 0 heterocycles. The van der Waals surface area contributed by atoms with E-state index in [-0.39, 0.29) is 1420 Å². The fraction of sp³-hybridized carbons (Fsp3) is 0.882. The van der Waals surface area contributed by atoms with Crippen molar-refractivity contribution < 1.29 is 1410 Å². The van der Waals surface area contributed by atoms with Gasteiger partial charge in [0.2, 0.25) is 0 Å². The molecule has 1 aliphatic rings. The fourth-order valence-corrected chi connectivity index (χ4v) is 2.05. The Morgan fingerprint density at radius 2 is 0.217 bits per heavy atom. The molecule has 0 N–H and O–H groups in total. The van der Waals surface area contributed by atoms with Gasteiger partial charge in [-0.3, -0.25) is 0 Å². The molecular weight excluding hydrogens is 4030 g/mol. The summed E-state index contributed by atoms with van der Waals surface area (Å²) in [5.74, 6) is 3.85. The van der Waals surface area contributed by atoms with Crippen LogP contribution in [-0.4, -0.2) is 0 Å². The average molecular weight is 4070 g/mol. The monoisotopic (exact) mass is 4070 g/mol. The minimum absolute atomic E-state index is 0. The van der Waals surface area contributed by atoms with E-state index >= 15 is 0 Å². The predicted molar refractivity (Wildman–Crippen MR) is 88.1 cm³/mol. The summed E-state index contributed by atoms with van der Waals surface area (Å²) in [7, 11) is 0. The van der Waals surface area contributed by atoms with Gasteiger partial charge in [0.1, 0.15) is 0 Å². The second kappa shape index (κ2) is 324. The molecular formula is C17H42Y43-2. The molecule has 0 aliphatic heterocycles. The molecule has 43 heteroatoms. The van der Waals surface area contributed by atoms with E-state index in [9.17, 15) is 0 Å². The van der Waals surface area contributed by atoms with Crippen molar-refractivity contribution in [2.24, 2.45) is 23.7 Å². The summed E-state index contributed by atoms with van der Waals surface area (Å²) in [5, 5.41) is 0. The van der Waals surface area contributed by atoms with Gasteiger partial charge in [0.05, 0.1) is 0 Å². The van der Waals surface area contributed by atoms with Gasteiger partial charge in [-0.15, -0.1) is 0 Å². The SMILES string of the molecule is CC.CC.CC.C[C@@H]1[C@H](C)[C@H](C)C[C@@H]1C.[CH3-].[CH3-].[Y].[Y].[Y].[Y].[Y].[Y].[Y].[Y].[Y].[Y].[Y].[Y].[Y].[Y].[Y].[Y].[Y].[Y].[Y].[Y].[Y].[Y].[Y].[Y].[Y].[Y].[Y].[Y].[Y].[Y].[Y].[Y].[Y].[Y].[Y].[Y].[Y].[Y].[Y].[Y].[Y].[Y].[Y]. The van der Waals surface area contributed by atoms with Crippen molar-refractivity contribution in [3.05, 3.63) is 14.9 Å². The molecule has 1 fully saturated rings. The average Bonchev–Trinajstić information content (AvgIpc) is 2.54. The zero-order valence-electron chi connectivity index (χ0n) is 39.8. The van der Waals surface area contributed by atoms with Crippen molar-refractivity contribution in [3.63, 3.8) is 0 Å². The maximum atomic E-state index is 2.39. The molecule has 0 spiro atoms. The van der Waals surface area contributed by atoms with Crippen molar-refractivity contribution in [2.75, 3.05) is 0 Å². The van der Waals surface area contributed by atoms with Gasteiger partial charge in [0, 0.05) is 1410 Å². The third-order valence-electron chi connectivity index (χ3n) is 3.37.